The largest absolute Gasteiger partial charge is 0.390 e. The number of nitro groups is 1. The summed E-state index contributed by atoms with van der Waals surface area (Å²) in [6, 6.07) is 2.58. The molecule has 102 valence electrons. The van der Waals surface area contributed by atoms with Crippen molar-refractivity contribution in [3.05, 3.63) is 50.1 Å². The minimum atomic E-state index is -1.50. The van der Waals surface area contributed by atoms with E-state index in [4.69, 9.17) is 5.53 Å². The number of hydrogen-bond acceptors (Lipinski definition) is 5. The molecule has 2 unspecified atom stereocenters. The Balaban J connectivity index is 2.89. The van der Waals surface area contributed by atoms with Crippen LogP contribution in [0.5, 0.6) is 0 Å². The van der Waals surface area contributed by atoms with E-state index in [1.54, 1.807) is 0 Å². The second-order valence-corrected chi connectivity index (χ2v) is 3.76. The molecule has 1 rings (SSSR count). The minimum absolute atomic E-state index is 0.0461. The van der Waals surface area contributed by atoms with Crippen molar-refractivity contribution in [1.82, 2.24) is 0 Å². The highest BCUT2D eigenvalue weighted by molar-refractivity contribution is 5.36. The van der Waals surface area contributed by atoms with Crippen LogP contribution in [0.15, 0.2) is 23.3 Å². The van der Waals surface area contributed by atoms with Gasteiger partial charge in [0, 0.05) is 17.5 Å². The maximum atomic E-state index is 13.2. The van der Waals surface area contributed by atoms with E-state index in [2.05, 4.69) is 10.0 Å². The summed E-state index contributed by atoms with van der Waals surface area (Å²) in [5.74, 6) is -0.884. The second-order valence-electron chi connectivity index (χ2n) is 3.76. The van der Waals surface area contributed by atoms with Crippen molar-refractivity contribution < 1.29 is 19.5 Å². The maximum absolute atomic E-state index is 13.2. The summed E-state index contributed by atoms with van der Waals surface area (Å²) in [5, 5.41) is 33.1. The van der Waals surface area contributed by atoms with Crippen LogP contribution in [0.2, 0.25) is 0 Å². The first-order chi connectivity index (χ1) is 8.95. The van der Waals surface area contributed by atoms with Gasteiger partial charge in [-0.2, -0.15) is 0 Å². The van der Waals surface area contributed by atoms with Gasteiger partial charge >= 0.3 is 0 Å². The van der Waals surface area contributed by atoms with Gasteiger partial charge in [-0.3, -0.25) is 10.1 Å². The Hall–Kier alpha value is -2.22. The maximum Gasteiger partial charge on any atom is 0.272 e. The van der Waals surface area contributed by atoms with Crippen molar-refractivity contribution in [2.75, 3.05) is 6.54 Å². The third-order valence-corrected chi connectivity index (χ3v) is 2.41. The van der Waals surface area contributed by atoms with Crippen molar-refractivity contribution in [3.8, 4) is 0 Å². The average molecular weight is 270 g/mol. The van der Waals surface area contributed by atoms with Crippen LogP contribution in [-0.4, -0.2) is 27.8 Å². The zero-order chi connectivity index (χ0) is 14.4. The van der Waals surface area contributed by atoms with Crippen molar-refractivity contribution in [3.63, 3.8) is 0 Å². The van der Waals surface area contributed by atoms with Crippen LogP contribution in [-0.2, 0) is 0 Å². The number of nitrogens with zero attached hydrogens (tertiary/aromatic N) is 4. The topological polar surface area (TPSA) is 132 Å². The van der Waals surface area contributed by atoms with Crippen LogP contribution in [0.4, 0.5) is 10.1 Å². The number of halogens is 1. The zero-order valence-electron chi connectivity index (χ0n) is 9.68. The SMILES string of the molecule is [N-]=[N+]=NCCC(O)C(O)c1cc(F)cc([N+](=O)[O-])c1. The molecule has 8 nitrogen and oxygen atoms in total. The second kappa shape index (κ2) is 6.64. The van der Waals surface area contributed by atoms with Crippen molar-refractivity contribution in [2.24, 2.45) is 5.11 Å². The molecule has 0 spiro atoms. The lowest BCUT2D eigenvalue weighted by molar-refractivity contribution is -0.385. The summed E-state index contributed by atoms with van der Waals surface area (Å²) in [6.07, 6.45) is -2.86. The molecule has 0 saturated heterocycles. The van der Waals surface area contributed by atoms with E-state index >= 15 is 0 Å². The molecule has 0 bridgehead atoms. The molecule has 2 N–H and O–H groups in total. The van der Waals surface area contributed by atoms with Gasteiger partial charge in [-0.1, -0.05) is 5.11 Å². The van der Waals surface area contributed by atoms with Crippen LogP contribution < -0.4 is 0 Å². The Morgan fingerprint density at radius 1 is 1.47 bits per heavy atom. The van der Waals surface area contributed by atoms with Crippen LogP contribution in [0.3, 0.4) is 0 Å². The fourth-order valence-electron chi connectivity index (χ4n) is 1.49. The predicted octanol–water partition coefficient (Wildman–Crippen LogP) is 1.83. The summed E-state index contributed by atoms with van der Waals surface area (Å²) in [6.45, 7) is -0.0495. The lowest BCUT2D eigenvalue weighted by Gasteiger charge is -2.17. The zero-order valence-corrected chi connectivity index (χ0v) is 9.68. The van der Waals surface area contributed by atoms with Gasteiger partial charge in [0.15, 0.2) is 0 Å². The van der Waals surface area contributed by atoms with E-state index < -0.39 is 28.6 Å². The summed E-state index contributed by atoms with van der Waals surface area (Å²) in [7, 11) is 0. The number of rotatable bonds is 6. The predicted molar refractivity (Wildman–Crippen MR) is 62.7 cm³/mol. The molecule has 0 amide bonds. The molecular weight excluding hydrogens is 259 g/mol. The highest BCUT2D eigenvalue weighted by Crippen LogP contribution is 2.24. The molecule has 0 aromatic heterocycles. The number of aliphatic hydroxyl groups excluding tert-OH is 2. The van der Waals surface area contributed by atoms with E-state index in [1.807, 2.05) is 0 Å². The van der Waals surface area contributed by atoms with Gasteiger partial charge in [0.05, 0.1) is 17.1 Å². The van der Waals surface area contributed by atoms with E-state index in [9.17, 15) is 24.7 Å². The molecule has 1 aromatic carbocycles. The Kier molecular flexibility index (Phi) is 5.19. The molecular formula is C10H11FN4O4. The molecule has 0 saturated carbocycles. The van der Waals surface area contributed by atoms with Gasteiger partial charge < -0.3 is 10.2 Å². The van der Waals surface area contributed by atoms with E-state index in [0.29, 0.717) is 6.07 Å². The molecule has 0 aliphatic rings. The molecule has 0 fully saturated rings. The molecule has 1 aromatic rings. The number of aliphatic hydroxyl groups is 2. The fraction of sp³-hybridized carbons (Fsp3) is 0.400. The lowest BCUT2D eigenvalue weighted by atomic mass is 10.0. The van der Waals surface area contributed by atoms with Gasteiger partial charge in [0.1, 0.15) is 11.9 Å². The van der Waals surface area contributed by atoms with E-state index in [1.165, 1.54) is 0 Å². The monoisotopic (exact) mass is 270 g/mol. The standard InChI is InChI=1S/C10H11FN4O4/c11-7-3-6(4-8(5-7)15(18)19)10(17)9(16)1-2-13-14-12/h3-5,9-10,16-17H,1-2H2. The number of azide groups is 1. The van der Waals surface area contributed by atoms with Gasteiger partial charge in [0.2, 0.25) is 0 Å². The summed E-state index contributed by atoms with van der Waals surface area (Å²) in [5.41, 5.74) is 7.43. The van der Waals surface area contributed by atoms with Crippen molar-refractivity contribution in [2.45, 2.75) is 18.6 Å². The van der Waals surface area contributed by atoms with Gasteiger partial charge in [0.25, 0.3) is 5.69 Å². The first-order valence-corrected chi connectivity index (χ1v) is 5.27. The van der Waals surface area contributed by atoms with E-state index in [-0.39, 0.29) is 18.5 Å². The Bertz CT molecular complexity index is 518. The van der Waals surface area contributed by atoms with Crippen molar-refractivity contribution in [1.29, 1.82) is 0 Å². The number of nitro benzene ring substituents is 1. The first-order valence-electron chi connectivity index (χ1n) is 5.27. The average Bonchev–Trinajstić information content (AvgIpc) is 2.37. The molecule has 0 heterocycles. The molecule has 0 aliphatic heterocycles. The molecule has 0 aliphatic carbocycles. The normalized spacial score (nSPS) is 13.4. The Morgan fingerprint density at radius 3 is 2.74 bits per heavy atom. The fourth-order valence-corrected chi connectivity index (χ4v) is 1.49. The van der Waals surface area contributed by atoms with Crippen molar-refractivity contribution >= 4 is 5.69 Å². The molecule has 19 heavy (non-hydrogen) atoms. The Morgan fingerprint density at radius 2 is 2.16 bits per heavy atom. The van der Waals surface area contributed by atoms with Gasteiger partial charge in [-0.25, -0.2) is 4.39 Å². The third-order valence-electron chi connectivity index (χ3n) is 2.41. The highest BCUT2D eigenvalue weighted by atomic mass is 19.1. The third kappa shape index (κ3) is 4.18. The summed E-state index contributed by atoms with van der Waals surface area (Å²) in [4.78, 5) is 12.2. The van der Waals surface area contributed by atoms with Gasteiger partial charge in [-0.05, 0) is 23.6 Å². The quantitative estimate of drug-likeness (QED) is 0.268. The van der Waals surface area contributed by atoms with Crippen LogP contribution in [0, 0.1) is 15.9 Å². The Labute approximate surface area is 106 Å². The summed E-state index contributed by atoms with van der Waals surface area (Å²) >= 11 is 0. The minimum Gasteiger partial charge on any atom is -0.390 e. The molecule has 2 atom stereocenters. The van der Waals surface area contributed by atoms with Crippen LogP contribution >= 0.6 is 0 Å². The van der Waals surface area contributed by atoms with Gasteiger partial charge in [-0.15, -0.1) is 0 Å². The van der Waals surface area contributed by atoms with E-state index in [0.717, 1.165) is 12.1 Å². The first kappa shape index (κ1) is 14.8. The smallest absolute Gasteiger partial charge is 0.272 e. The lowest BCUT2D eigenvalue weighted by Crippen LogP contribution is -2.19. The van der Waals surface area contributed by atoms with Crippen LogP contribution in [0.25, 0.3) is 10.4 Å². The highest BCUT2D eigenvalue weighted by Gasteiger charge is 2.21. The summed E-state index contributed by atoms with van der Waals surface area (Å²) < 4.78 is 13.2. The number of benzene rings is 1. The number of hydrogen-bond donors (Lipinski definition) is 2. The van der Waals surface area contributed by atoms with Crippen LogP contribution in [0.1, 0.15) is 18.1 Å². The molecule has 9 heteroatoms. The molecule has 0 radical (unpaired) electrons. The number of non-ortho nitro benzene ring substituents is 1.